The summed E-state index contributed by atoms with van der Waals surface area (Å²) in [6.45, 7) is 8.07. The highest BCUT2D eigenvalue weighted by molar-refractivity contribution is 5.79. The number of aliphatic carboxylic acids is 1. The van der Waals surface area contributed by atoms with Gasteiger partial charge in [0.05, 0.1) is 12.5 Å². The van der Waals surface area contributed by atoms with Crippen molar-refractivity contribution in [3.63, 3.8) is 0 Å². The molecular weight excluding hydrogens is 342 g/mol. The standard InChI is InChI=1S/C22H27NO4/c1-15-7-5-6-8-19(15)27-14-20(24)23-18(13-21(25)26)16-9-11-17(12-10-16)22(2,3)4/h5-12,18H,13-14H2,1-4H3,(H,23,24)(H,25,26)/t18-/m1/s1. The molecule has 0 saturated carbocycles. The molecule has 144 valence electrons. The second kappa shape index (κ2) is 8.71. The summed E-state index contributed by atoms with van der Waals surface area (Å²) >= 11 is 0. The molecule has 0 unspecified atom stereocenters. The van der Waals surface area contributed by atoms with E-state index in [1.54, 1.807) is 6.07 Å². The minimum Gasteiger partial charge on any atom is -0.484 e. The number of carboxylic acid groups (broad SMARTS) is 1. The van der Waals surface area contributed by atoms with Crippen LogP contribution in [0, 0.1) is 6.92 Å². The fraction of sp³-hybridized carbons (Fsp3) is 0.364. The summed E-state index contributed by atoms with van der Waals surface area (Å²) in [4.78, 5) is 23.5. The van der Waals surface area contributed by atoms with Gasteiger partial charge in [0.25, 0.3) is 5.91 Å². The van der Waals surface area contributed by atoms with Gasteiger partial charge < -0.3 is 15.2 Å². The van der Waals surface area contributed by atoms with Crippen LogP contribution in [0.5, 0.6) is 5.75 Å². The average Bonchev–Trinajstić information content (AvgIpc) is 2.59. The zero-order valence-electron chi connectivity index (χ0n) is 16.3. The molecule has 0 aromatic heterocycles. The van der Waals surface area contributed by atoms with Gasteiger partial charge in [0.1, 0.15) is 5.75 Å². The van der Waals surface area contributed by atoms with Crippen molar-refractivity contribution in [3.05, 3.63) is 65.2 Å². The number of para-hydroxylation sites is 1. The maximum atomic E-state index is 12.3. The predicted molar refractivity (Wildman–Crippen MR) is 105 cm³/mol. The fourth-order valence-corrected chi connectivity index (χ4v) is 2.74. The molecule has 2 N–H and O–H groups in total. The number of amides is 1. The molecule has 0 spiro atoms. The van der Waals surface area contributed by atoms with E-state index in [0.717, 1.165) is 16.7 Å². The van der Waals surface area contributed by atoms with Crippen LogP contribution >= 0.6 is 0 Å². The summed E-state index contributed by atoms with van der Waals surface area (Å²) < 4.78 is 5.54. The fourth-order valence-electron chi connectivity index (χ4n) is 2.74. The van der Waals surface area contributed by atoms with Gasteiger partial charge in [-0.3, -0.25) is 9.59 Å². The van der Waals surface area contributed by atoms with Gasteiger partial charge in [-0.05, 0) is 35.1 Å². The average molecular weight is 369 g/mol. The van der Waals surface area contributed by atoms with Crippen molar-refractivity contribution in [1.82, 2.24) is 5.32 Å². The van der Waals surface area contributed by atoms with Gasteiger partial charge in [0.15, 0.2) is 6.61 Å². The van der Waals surface area contributed by atoms with Crippen LogP contribution in [0.25, 0.3) is 0 Å². The van der Waals surface area contributed by atoms with Crippen molar-refractivity contribution in [1.29, 1.82) is 0 Å². The molecule has 1 atom stereocenters. The molecule has 0 fully saturated rings. The molecule has 0 aliphatic carbocycles. The number of carbonyl (C=O) groups excluding carboxylic acids is 1. The topological polar surface area (TPSA) is 75.6 Å². The quantitative estimate of drug-likeness (QED) is 0.773. The van der Waals surface area contributed by atoms with E-state index in [1.807, 2.05) is 49.4 Å². The van der Waals surface area contributed by atoms with Crippen molar-refractivity contribution < 1.29 is 19.4 Å². The third-order valence-corrected chi connectivity index (χ3v) is 4.35. The Labute approximate surface area is 160 Å². The van der Waals surface area contributed by atoms with E-state index in [-0.39, 0.29) is 24.3 Å². The molecule has 0 heterocycles. The SMILES string of the molecule is Cc1ccccc1OCC(=O)N[C@H](CC(=O)O)c1ccc(C(C)(C)C)cc1. The van der Waals surface area contributed by atoms with Crippen LogP contribution < -0.4 is 10.1 Å². The van der Waals surface area contributed by atoms with Crippen LogP contribution in [0.2, 0.25) is 0 Å². The van der Waals surface area contributed by atoms with Crippen LogP contribution in [0.15, 0.2) is 48.5 Å². The summed E-state index contributed by atoms with van der Waals surface area (Å²) in [5.41, 5.74) is 2.85. The Kier molecular flexibility index (Phi) is 6.61. The molecule has 2 aromatic carbocycles. The first-order valence-corrected chi connectivity index (χ1v) is 8.97. The lowest BCUT2D eigenvalue weighted by molar-refractivity contribution is -0.137. The number of benzene rings is 2. The van der Waals surface area contributed by atoms with E-state index >= 15 is 0 Å². The minimum absolute atomic E-state index is 0.00541. The van der Waals surface area contributed by atoms with Gasteiger partial charge in [-0.1, -0.05) is 63.2 Å². The van der Waals surface area contributed by atoms with E-state index in [4.69, 9.17) is 4.74 Å². The number of rotatable bonds is 7. The smallest absolute Gasteiger partial charge is 0.305 e. The van der Waals surface area contributed by atoms with Gasteiger partial charge in [-0.25, -0.2) is 0 Å². The van der Waals surface area contributed by atoms with E-state index in [2.05, 4.69) is 26.1 Å². The summed E-state index contributed by atoms with van der Waals surface area (Å²) in [5.74, 6) is -0.693. The Morgan fingerprint density at radius 2 is 1.70 bits per heavy atom. The van der Waals surface area contributed by atoms with Crippen LogP contribution in [-0.4, -0.2) is 23.6 Å². The van der Waals surface area contributed by atoms with Crippen molar-refractivity contribution in [2.75, 3.05) is 6.61 Å². The summed E-state index contributed by atoms with van der Waals surface area (Å²) in [5, 5.41) is 12.0. The molecule has 0 aliphatic rings. The highest BCUT2D eigenvalue weighted by atomic mass is 16.5. The number of carbonyl (C=O) groups is 2. The van der Waals surface area contributed by atoms with Gasteiger partial charge in [0.2, 0.25) is 0 Å². The second-order valence-electron chi connectivity index (χ2n) is 7.64. The molecule has 0 radical (unpaired) electrons. The lowest BCUT2D eigenvalue weighted by Gasteiger charge is -2.22. The van der Waals surface area contributed by atoms with Crippen molar-refractivity contribution in [2.45, 2.75) is 45.6 Å². The van der Waals surface area contributed by atoms with Crippen LogP contribution in [0.3, 0.4) is 0 Å². The van der Waals surface area contributed by atoms with Gasteiger partial charge in [-0.2, -0.15) is 0 Å². The number of hydrogen-bond acceptors (Lipinski definition) is 3. The minimum atomic E-state index is -0.972. The first-order chi connectivity index (χ1) is 12.7. The third kappa shape index (κ3) is 6.13. The molecule has 5 nitrogen and oxygen atoms in total. The maximum absolute atomic E-state index is 12.3. The molecule has 5 heteroatoms. The number of carboxylic acids is 1. The van der Waals surface area contributed by atoms with Gasteiger partial charge in [-0.15, -0.1) is 0 Å². The molecule has 0 aliphatic heterocycles. The second-order valence-corrected chi connectivity index (χ2v) is 7.64. The van der Waals surface area contributed by atoms with Crippen LogP contribution in [-0.2, 0) is 15.0 Å². The molecule has 0 saturated heterocycles. The van der Waals surface area contributed by atoms with E-state index in [0.29, 0.717) is 5.75 Å². The first-order valence-electron chi connectivity index (χ1n) is 8.97. The molecular formula is C22H27NO4. The lowest BCUT2D eigenvalue weighted by Crippen LogP contribution is -2.34. The van der Waals surface area contributed by atoms with Crippen molar-refractivity contribution in [2.24, 2.45) is 0 Å². The molecule has 1 amide bonds. The molecule has 0 bridgehead atoms. The molecule has 2 rings (SSSR count). The number of ether oxygens (including phenoxy) is 1. The highest BCUT2D eigenvalue weighted by Gasteiger charge is 2.20. The summed E-state index contributed by atoms with van der Waals surface area (Å²) in [6.07, 6.45) is -0.190. The van der Waals surface area contributed by atoms with E-state index in [9.17, 15) is 14.7 Å². The zero-order valence-corrected chi connectivity index (χ0v) is 16.3. The Hall–Kier alpha value is -2.82. The highest BCUT2D eigenvalue weighted by Crippen LogP contribution is 2.25. The number of nitrogens with one attached hydrogen (secondary N) is 1. The third-order valence-electron chi connectivity index (χ3n) is 4.35. The Balaban J connectivity index is 2.06. The first kappa shape index (κ1) is 20.5. The summed E-state index contributed by atoms with van der Waals surface area (Å²) in [6, 6.07) is 14.5. The van der Waals surface area contributed by atoms with E-state index in [1.165, 1.54) is 0 Å². The normalized spacial score (nSPS) is 12.3. The summed E-state index contributed by atoms with van der Waals surface area (Å²) in [7, 11) is 0. The van der Waals surface area contributed by atoms with Crippen molar-refractivity contribution >= 4 is 11.9 Å². The molecule has 27 heavy (non-hydrogen) atoms. The Morgan fingerprint density at radius 1 is 1.07 bits per heavy atom. The zero-order chi connectivity index (χ0) is 20.0. The predicted octanol–water partition coefficient (Wildman–Crippen LogP) is 4.00. The lowest BCUT2D eigenvalue weighted by atomic mass is 9.86. The van der Waals surface area contributed by atoms with Crippen LogP contribution in [0.1, 0.15) is 49.9 Å². The van der Waals surface area contributed by atoms with E-state index < -0.39 is 12.0 Å². The van der Waals surface area contributed by atoms with Crippen LogP contribution in [0.4, 0.5) is 0 Å². The number of hydrogen-bond donors (Lipinski definition) is 2. The Bertz CT molecular complexity index is 791. The number of aryl methyl sites for hydroxylation is 1. The van der Waals surface area contributed by atoms with Crippen molar-refractivity contribution in [3.8, 4) is 5.75 Å². The van der Waals surface area contributed by atoms with Gasteiger partial charge >= 0.3 is 5.97 Å². The molecule has 2 aromatic rings. The Morgan fingerprint density at radius 3 is 2.26 bits per heavy atom. The van der Waals surface area contributed by atoms with Gasteiger partial charge in [0, 0.05) is 0 Å². The monoisotopic (exact) mass is 369 g/mol. The maximum Gasteiger partial charge on any atom is 0.305 e. The largest absolute Gasteiger partial charge is 0.484 e.